The lowest BCUT2D eigenvalue weighted by Crippen LogP contribution is -2.12. The molecule has 0 amide bonds. The van der Waals surface area contributed by atoms with Gasteiger partial charge < -0.3 is 10.1 Å². The number of hydrogen-bond donors (Lipinski definition) is 1. The maximum Gasteiger partial charge on any atom is 0.119 e. The van der Waals surface area contributed by atoms with Gasteiger partial charge in [0, 0.05) is 6.04 Å². The van der Waals surface area contributed by atoms with Gasteiger partial charge in [-0.2, -0.15) is 0 Å². The fourth-order valence-corrected chi connectivity index (χ4v) is 2.53. The Morgan fingerprint density at radius 2 is 2.24 bits per heavy atom. The highest BCUT2D eigenvalue weighted by Gasteiger charge is 2.20. The summed E-state index contributed by atoms with van der Waals surface area (Å²) < 4.78 is 5.78. The highest BCUT2D eigenvalue weighted by Crippen LogP contribution is 2.33. The first-order valence-electron chi connectivity index (χ1n) is 6.78. The lowest BCUT2D eigenvalue weighted by Gasteiger charge is -2.11. The smallest absolute Gasteiger partial charge is 0.119 e. The molecule has 0 bridgehead atoms. The first-order valence-corrected chi connectivity index (χ1v) is 6.78. The Morgan fingerprint density at radius 3 is 3.00 bits per heavy atom. The van der Waals surface area contributed by atoms with Gasteiger partial charge in [-0.25, -0.2) is 0 Å². The highest BCUT2D eigenvalue weighted by molar-refractivity contribution is 5.40. The largest absolute Gasteiger partial charge is 0.494 e. The van der Waals surface area contributed by atoms with Crippen LogP contribution in [-0.4, -0.2) is 13.7 Å². The summed E-state index contributed by atoms with van der Waals surface area (Å²) in [5.41, 5.74) is 2.91. The summed E-state index contributed by atoms with van der Waals surface area (Å²) in [5.74, 6) is 1.04. The Bertz CT molecular complexity index is 362. The molecule has 0 aliphatic heterocycles. The van der Waals surface area contributed by atoms with Crippen LogP contribution in [0.1, 0.15) is 49.8 Å². The molecule has 1 atom stereocenters. The van der Waals surface area contributed by atoms with Crippen molar-refractivity contribution in [1.82, 2.24) is 5.32 Å². The van der Waals surface area contributed by atoms with E-state index in [2.05, 4.69) is 30.4 Å². The van der Waals surface area contributed by atoms with Crippen LogP contribution in [0.15, 0.2) is 18.2 Å². The minimum absolute atomic E-state index is 0.541. The van der Waals surface area contributed by atoms with Crippen LogP contribution in [0.3, 0.4) is 0 Å². The Kier molecular flexibility index (Phi) is 4.43. The fourth-order valence-electron chi connectivity index (χ4n) is 2.53. The topological polar surface area (TPSA) is 21.3 Å². The molecule has 17 heavy (non-hydrogen) atoms. The van der Waals surface area contributed by atoms with E-state index in [0.29, 0.717) is 6.04 Å². The quantitative estimate of drug-likeness (QED) is 0.760. The van der Waals surface area contributed by atoms with Gasteiger partial charge in [0.25, 0.3) is 0 Å². The van der Waals surface area contributed by atoms with E-state index in [1.807, 2.05) is 7.05 Å². The van der Waals surface area contributed by atoms with E-state index in [0.717, 1.165) is 18.8 Å². The van der Waals surface area contributed by atoms with E-state index in [4.69, 9.17) is 4.74 Å². The molecule has 1 aliphatic carbocycles. The van der Waals surface area contributed by atoms with E-state index in [9.17, 15) is 0 Å². The number of rotatable bonds is 6. The molecule has 2 rings (SSSR count). The maximum absolute atomic E-state index is 5.78. The number of ether oxygens (including phenoxy) is 1. The fraction of sp³-hybridized carbons (Fsp3) is 0.600. The molecule has 1 N–H and O–H groups in total. The van der Waals surface area contributed by atoms with Gasteiger partial charge in [-0.1, -0.05) is 25.8 Å². The summed E-state index contributed by atoms with van der Waals surface area (Å²) in [7, 11) is 2.04. The lowest BCUT2D eigenvalue weighted by molar-refractivity contribution is 0.306. The van der Waals surface area contributed by atoms with Crippen LogP contribution in [0, 0.1) is 0 Å². The molecule has 2 heteroatoms. The molecule has 0 saturated heterocycles. The van der Waals surface area contributed by atoms with E-state index < -0.39 is 0 Å². The molecular formula is C15H23NO. The molecular weight excluding hydrogens is 210 g/mol. The summed E-state index contributed by atoms with van der Waals surface area (Å²) in [5, 5.41) is 3.36. The third-order valence-electron chi connectivity index (χ3n) is 3.56. The minimum Gasteiger partial charge on any atom is -0.494 e. The molecule has 94 valence electrons. The maximum atomic E-state index is 5.78. The summed E-state index contributed by atoms with van der Waals surface area (Å²) in [6, 6.07) is 7.09. The van der Waals surface area contributed by atoms with Gasteiger partial charge in [0.2, 0.25) is 0 Å². The first-order chi connectivity index (χ1) is 8.35. The van der Waals surface area contributed by atoms with Gasteiger partial charge >= 0.3 is 0 Å². The molecule has 1 unspecified atom stereocenters. The van der Waals surface area contributed by atoms with Crippen LogP contribution in [0.2, 0.25) is 0 Å². The lowest BCUT2D eigenvalue weighted by atomic mass is 10.1. The standard InChI is InChI=1S/C15H23NO/c1-3-4-5-10-17-13-7-8-14-12(11-13)6-9-15(14)16-2/h7-8,11,15-16H,3-6,9-10H2,1-2H3. The zero-order valence-electron chi connectivity index (χ0n) is 11.0. The van der Waals surface area contributed by atoms with Crippen LogP contribution in [-0.2, 0) is 6.42 Å². The molecule has 2 nitrogen and oxygen atoms in total. The van der Waals surface area contributed by atoms with Crippen molar-refractivity contribution in [3.05, 3.63) is 29.3 Å². The average Bonchev–Trinajstić information content (AvgIpc) is 2.77. The second-order valence-electron chi connectivity index (χ2n) is 4.80. The van der Waals surface area contributed by atoms with Gasteiger partial charge in [0.15, 0.2) is 0 Å². The molecule has 0 heterocycles. The van der Waals surface area contributed by atoms with Crippen molar-refractivity contribution in [3.8, 4) is 5.75 Å². The number of aryl methyl sites for hydroxylation is 1. The molecule has 1 aliphatic rings. The second-order valence-corrected chi connectivity index (χ2v) is 4.80. The molecule has 0 aromatic heterocycles. The Balaban J connectivity index is 1.93. The summed E-state index contributed by atoms with van der Waals surface area (Å²) in [6.45, 7) is 3.06. The van der Waals surface area contributed by atoms with E-state index in [1.165, 1.54) is 36.8 Å². The number of nitrogens with one attached hydrogen (secondary N) is 1. The molecule has 0 radical (unpaired) electrons. The van der Waals surface area contributed by atoms with Crippen LogP contribution < -0.4 is 10.1 Å². The number of fused-ring (bicyclic) bond motifs is 1. The van der Waals surface area contributed by atoms with Gasteiger partial charge in [-0.15, -0.1) is 0 Å². The van der Waals surface area contributed by atoms with E-state index in [-0.39, 0.29) is 0 Å². The van der Waals surface area contributed by atoms with Gasteiger partial charge in [0.05, 0.1) is 6.61 Å². The number of hydrogen-bond acceptors (Lipinski definition) is 2. The molecule has 0 spiro atoms. The molecule has 0 fully saturated rings. The number of unbranched alkanes of at least 4 members (excludes halogenated alkanes) is 2. The van der Waals surface area contributed by atoms with Crippen LogP contribution >= 0.6 is 0 Å². The van der Waals surface area contributed by atoms with Gasteiger partial charge in [0.1, 0.15) is 5.75 Å². The van der Waals surface area contributed by atoms with Crippen molar-refractivity contribution < 1.29 is 4.74 Å². The Hall–Kier alpha value is -1.02. The Morgan fingerprint density at radius 1 is 1.35 bits per heavy atom. The summed E-state index contributed by atoms with van der Waals surface area (Å²) >= 11 is 0. The summed E-state index contributed by atoms with van der Waals surface area (Å²) in [6.07, 6.45) is 6.05. The third-order valence-corrected chi connectivity index (χ3v) is 3.56. The van der Waals surface area contributed by atoms with Crippen LogP contribution in [0.4, 0.5) is 0 Å². The molecule has 0 saturated carbocycles. The van der Waals surface area contributed by atoms with E-state index in [1.54, 1.807) is 0 Å². The van der Waals surface area contributed by atoms with Crippen molar-refractivity contribution in [3.63, 3.8) is 0 Å². The van der Waals surface area contributed by atoms with Crippen LogP contribution in [0.5, 0.6) is 5.75 Å². The zero-order valence-corrected chi connectivity index (χ0v) is 11.0. The predicted octanol–water partition coefficient (Wildman–Crippen LogP) is 3.46. The van der Waals surface area contributed by atoms with Crippen molar-refractivity contribution in [2.45, 2.75) is 45.1 Å². The normalized spacial score (nSPS) is 18.1. The first kappa shape index (κ1) is 12.4. The Labute approximate surface area is 104 Å². The van der Waals surface area contributed by atoms with Crippen molar-refractivity contribution in [2.75, 3.05) is 13.7 Å². The molecule has 1 aromatic rings. The third kappa shape index (κ3) is 3.01. The van der Waals surface area contributed by atoms with Gasteiger partial charge in [-0.3, -0.25) is 0 Å². The average molecular weight is 233 g/mol. The second kappa shape index (κ2) is 6.06. The van der Waals surface area contributed by atoms with Crippen LogP contribution in [0.25, 0.3) is 0 Å². The highest BCUT2D eigenvalue weighted by atomic mass is 16.5. The van der Waals surface area contributed by atoms with Gasteiger partial charge in [-0.05, 0) is 49.6 Å². The van der Waals surface area contributed by atoms with Crippen molar-refractivity contribution in [2.24, 2.45) is 0 Å². The monoisotopic (exact) mass is 233 g/mol. The number of benzene rings is 1. The predicted molar refractivity (Wildman–Crippen MR) is 71.6 cm³/mol. The SMILES string of the molecule is CCCCCOc1ccc2c(c1)CCC2NC. The minimum atomic E-state index is 0.541. The molecule has 1 aromatic carbocycles. The van der Waals surface area contributed by atoms with Crippen molar-refractivity contribution >= 4 is 0 Å². The van der Waals surface area contributed by atoms with E-state index >= 15 is 0 Å². The van der Waals surface area contributed by atoms with Crippen molar-refractivity contribution in [1.29, 1.82) is 0 Å². The zero-order chi connectivity index (χ0) is 12.1. The summed E-state index contributed by atoms with van der Waals surface area (Å²) in [4.78, 5) is 0.